The van der Waals surface area contributed by atoms with Crippen LogP contribution in [0, 0.1) is 0 Å². The van der Waals surface area contributed by atoms with Crippen molar-refractivity contribution in [3.8, 4) is 0 Å². The first-order valence-electron chi connectivity index (χ1n) is 4.64. The predicted octanol–water partition coefficient (Wildman–Crippen LogP) is 0.205. The van der Waals surface area contributed by atoms with Gasteiger partial charge in [-0.3, -0.25) is 4.79 Å². The van der Waals surface area contributed by atoms with Crippen LogP contribution in [0.4, 0.5) is 11.4 Å². The maximum atomic E-state index is 11.5. The Morgan fingerprint density at radius 1 is 1.29 bits per heavy atom. The molecule has 0 bridgehead atoms. The van der Waals surface area contributed by atoms with Crippen LogP contribution < -0.4 is 16.0 Å². The zero-order valence-electron chi connectivity index (χ0n) is 7.86. The molecule has 0 aliphatic carbocycles. The third kappa shape index (κ3) is 1.70. The monoisotopic (exact) mass is 191 g/mol. The van der Waals surface area contributed by atoms with Gasteiger partial charge in [-0.15, -0.1) is 0 Å². The summed E-state index contributed by atoms with van der Waals surface area (Å²) in [5.74, 6) is 0.112. The van der Waals surface area contributed by atoms with Crippen LogP contribution in [0.1, 0.15) is 0 Å². The van der Waals surface area contributed by atoms with E-state index in [-0.39, 0.29) is 5.91 Å². The second kappa shape index (κ2) is 3.67. The first kappa shape index (κ1) is 9.02. The molecule has 2 rings (SSSR count). The minimum absolute atomic E-state index is 0.112. The second-order valence-corrected chi connectivity index (χ2v) is 3.31. The highest BCUT2D eigenvalue weighted by atomic mass is 16.2. The van der Waals surface area contributed by atoms with Gasteiger partial charge in [0.15, 0.2) is 0 Å². The Bertz CT molecular complexity index is 334. The van der Waals surface area contributed by atoms with Gasteiger partial charge in [-0.05, 0) is 24.3 Å². The van der Waals surface area contributed by atoms with Crippen molar-refractivity contribution in [2.24, 2.45) is 0 Å². The molecule has 0 radical (unpaired) electrons. The zero-order chi connectivity index (χ0) is 9.97. The van der Waals surface area contributed by atoms with Gasteiger partial charge in [-0.1, -0.05) is 0 Å². The molecule has 1 saturated heterocycles. The highest BCUT2D eigenvalue weighted by molar-refractivity contribution is 5.95. The Morgan fingerprint density at radius 2 is 2.00 bits per heavy atom. The predicted molar refractivity (Wildman–Crippen MR) is 56.1 cm³/mol. The minimum atomic E-state index is 0.112. The number of nitrogen functional groups attached to an aromatic ring is 1. The molecule has 4 nitrogen and oxygen atoms in total. The Hall–Kier alpha value is -1.55. The number of piperazine rings is 1. The van der Waals surface area contributed by atoms with Crippen molar-refractivity contribution in [2.75, 3.05) is 30.3 Å². The van der Waals surface area contributed by atoms with Crippen molar-refractivity contribution in [2.45, 2.75) is 0 Å². The molecule has 1 heterocycles. The molecule has 0 saturated carbocycles. The van der Waals surface area contributed by atoms with Crippen molar-refractivity contribution in [3.63, 3.8) is 0 Å². The fourth-order valence-corrected chi connectivity index (χ4v) is 1.53. The van der Waals surface area contributed by atoms with Crippen LogP contribution in [0.2, 0.25) is 0 Å². The summed E-state index contributed by atoms with van der Waals surface area (Å²) in [4.78, 5) is 13.3. The van der Waals surface area contributed by atoms with Crippen LogP contribution in [0.5, 0.6) is 0 Å². The van der Waals surface area contributed by atoms with E-state index in [0.29, 0.717) is 6.54 Å². The summed E-state index contributed by atoms with van der Waals surface area (Å²) in [5.41, 5.74) is 7.22. The molecular formula is C10H13N3O. The van der Waals surface area contributed by atoms with Gasteiger partial charge < -0.3 is 16.0 Å². The lowest BCUT2D eigenvalue weighted by Gasteiger charge is -2.27. The number of nitrogens with zero attached hydrogens (tertiary/aromatic N) is 1. The summed E-state index contributed by atoms with van der Waals surface area (Å²) >= 11 is 0. The number of anilines is 2. The summed E-state index contributed by atoms with van der Waals surface area (Å²) in [5, 5.41) is 3.03. The summed E-state index contributed by atoms with van der Waals surface area (Å²) in [6.45, 7) is 1.99. The van der Waals surface area contributed by atoms with E-state index >= 15 is 0 Å². The maximum Gasteiger partial charge on any atom is 0.240 e. The summed E-state index contributed by atoms with van der Waals surface area (Å²) < 4.78 is 0. The standard InChI is InChI=1S/C10H13N3O/c11-8-1-3-9(4-2-8)13-6-5-12-7-10(13)14/h1-4,12H,5-7,11H2. The molecule has 1 aliphatic rings. The fraction of sp³-hybridized carbons (Fsp3) is 0.300. The molecule has 0 spiro atoms. The van der Waals surface area contributed by atoms with Crippen molar-refractivity contribution < 1.29 is 4.79 Å². The SMILES string of the molecule is Nc1ccc(N2CCNCC2=O)cc1. The quantitative estimate of drug-likeness (QED) is 0.624. The lowest BCUT2D eigenvalue weighted by atomic mass is 10.2. The number of hydrogen-bond donors (Lipinski definition) is 2. The fourth-order valence-electron chi connectivity index (χ4n) is 1.53. The van der Waals surface area contributed by atoms with Crippen molar-refractivity contribution >= 4 is 17.3 Å². The van der Waals surface area contributed by atoms with Crippen molar-refractivity contribution in [1.82, 2.24) is 5.32 Å². The summed E-state index contributed by atoms with van der Waals surface area (Å²) in [6, 6.07) is 7.37. The van der Waals surface area contributed by atoms with Gasteiger partial charge in [0.05, 0.1) is 6.54 Å². The number of nitrogens with two attached hydrogens (primary N) is 1. The van der Waals surface area contributed by atoms with Crippen LogP contribution in [0.3, 0.4) is 0 Å². The lowest BCUT2D eigenvalue weighted by Crippen LogP contribution is -2.48. The largest absolute Gasteiger partial charge is 0.399 e. The van der Waals surface area contributed by atoms with E-state index in [4.69, 9.17) is 5.73 Å². The minimum Gasteiger partial charge on any atom is -0.399 e. The van der Waals surface area contributed by atoms with Crippen LogP contribution in [0.15, 0.2) is 24.3 Å². The lowest BCUT2D eigenvalue weighted by molar-refractivity contribution is -0.118. The van der Waals surface area contributed by atoms with Crippen LogP contribution >= 0.6 is 0 Å². The molecule has 1 fully saturated rings. The molecule has 74 valence electrons. The maximum absolute atomic E-state index is 11.5. The zero-order valence-corrected chi connectivity index (χ0v) is 7.86. The molecule has 0 unspecified atom stereocenters. The number of carbonyl (C=O) groups excluding carboxylic acids is 1. The molecule has 1 aliphatic heterocycles. The van der Waals surface area contributed by atoms with E-state index in [1.54, 1.807) is 4.90 Å². The molecule has 1 aromatic carbocycles. The highest BCUT2D eigenvalue weighted by Gasteiger charge is 2.18. The van der Waals surface area contributed by atoms with Crippen molar-refractivity contribution in [1.29, 1.82) is 0 Å². The van der Waals surface area contributed by atoms with Gasteiger partial charge in [-0.25, -0.2) is 0 Å². The van der Waals surface area contributed by atoms with E-state index < -0.39 is 0 Å². The normalized spacial score (nSPS) is 17.1. The van der Waals surface area contributed by atoms with Gasteiger partial charge in [0.2, 0.25) is 5.91 Å². The molecule has 0 aromatic heterocycles. The smallest absolute Gasteiger partial charge is 0.240 e. The third-order valence-electron chi connectivity index (χ3n) is 2.29. The average molecular weight is 191 g/mol. The topological polar surface area (TPSA) is 58.4 Å². The average Bonchev–Trinajstić information content (AvgIpc) is 2.20. The molecule has 14 heavy (non-hydrogen) atoms. The molecule has 1 amide bonds. The van der Waals surface area contributed by atoms with Crippen LogP contribution in [-0.2, 0) is 4.79 Å². The first-order valence-corrected chi connectivity index (χ1v) is 4.64. The number of benzene rings is 1. The third-order valence-corrected chi connectivity index (χ3v) is 2.29. The molecule has 4 heteroatoms. The Kier molecular flexibility index (Phi) is 2.37. The summed E-state index contributed by atoms with van der Waals surface area (Å²) in [7, 11) is 0. The Morgan fingerprint density at radius 3 is 2.64 bits per heavy atom. The first-order chi connectivity index (χ1) is 6.77. The highest BCUT2D eigenvalue weighted by Crippen LogP contribution is 2.16. The number of rotatable bonds is 1. The van der Waals surface area contributed by atoms with E-state index in [9.17, 15) is 4.79 Å². The Labute approximate surface area is 82.7 Å². The molecular weight excluding hydrogens is 178 g/mol. The number of carbonyl (C=O) groups is 1. The van der Waals surface area contributed by atoms with Gasteiger partial charge in [0.25, 0.3) is 0 Å². The van der Waals surface area contributed by atoms with Crippen molar-refractivity contribution in [3.05, 3.63) is 24.3 Å². The number of amides is 1. The van der Waals surface area contributed by atoms with Crippen LogP contribution in [0.25, 0.3) is 0 Å². The van der Waals surface area contributed by atoms with Gasteiger partial charge >= 0.3 is 0 Å². The molecule has 1 aromatic rings. The van der Waals surface area contributed by atoms with E-state index in [1.807, 2.05) is 24.3 Å². The van der Waals surface area contributed by atoms with Crippen LogP contribution in [-0.4, -0.2) is 25.5 Å². The van der Waals surface area contributed by atoms with Gasteiger partial charge in [-0.2, -0.15) is 0 Å². The molecule has 0 atom stereocenters. The van der Waals surface area contributed by atoms with E-state index in [0.717, 1.165) is 24.5 Å². The number of nitrogens with one attached hydrogen (secondary N) is 1. The summed E-state index contributed by atoms with van der Waals surface area (Å²) in [6.07, 6.45) is 0. The Balaban J connectivity index is 2.20. The molecule has 3 N–H and O–H groups in total. The van der Waals surface area contributed by atoms with Gasteiger partial charge in [0.1, 0.15) is 0 Å². The van der Waals surface area contributed by atoms with Gasteiger partial charge in [0, 0.05) is 24.5 Å². The second-order valence-electron chi connectivity index (χ2n) is 3.31. The van der Waals surface area contributed by atoms with E-state index in [1.165, 1.54) is 0 Å². The van der Waals surface area contributed by atoms with E-state index in [2.05, 4.69) is 5.32 Å². The number of hydrogen-bond acceptors (Lipinski definition) is 3.